The van der Waals surface area contributed by atoms with Crippen LogP contribution in [-0.4, -0.2) is 50.8 Å². The largest absolute Gasteiger partial charge is 0.497 e. The highest BCUT2D eigenvalue weighted by Gasteiger charge is 2.19. The number of rotatable bonds is 8. The molecule has 1 atom stereocenters. The molecule has 29 heavy (non-hydrogen) atoms. The highest BCUT2D eigenvalue weighted by atomic mass is 16.5. The number of carbonyl (C=O) groups is 1. The second kappa shape index (κ2) is 9.25. The first kappa shape index (κ1) is 20.4. The molecule has 0 saturated heterocycles. The van der Waals surface area contributed by atoms with Crippen molar-refractivity contribution in [2.75, 3.05) is 34.9 Å². The number of methoxy groups -OCH3 is 2. The van der Waals surface area contributed by atoms with Gasteiger partial charge in [-0.3, -0.25) is 4.79 Å². The molecule has 1 aromatic heterocycles. The summed E-state index contributed by atoms with van der Waals surface area (Å²) < 4.78 is 16.0. The molecule has 0 aliphatic rings. The minimum absolute atomic E-state index is 0.0463. The van der Waals surface area contributed by atoms with Crippen LogP contribution >= 0.6 is 0 Å². The lowest BCUT2D eigenvalue weighted by atomic mass is 10.1. The predicted molar refractivity (Wildman–Crippen MR) is 110 cm³/mol. The Morgan fingerprint density at radius 1 is 1.10 bits per heavy atom. The number of carbonyl (C=O) groups excluding carboxylic acids is 1. The third-order valence-corrected chi connectivity index (χ3v) is 4.68. The minimum Gasteiger partial charge on any atom is -0.497 e. The average molecular weight is 395 g/mol. The number of hydrogen-bond donors (Lipinski definition) is 1. The first-order valence-electron chi connectivity index (χ1n) is 9.22. The first-order chi connectivity index (χ1) is 14.0. The van der Waals surface area contributed by atoms with E-state index >= 15 is 0 Å². The van der Waals surface area contributed by atoms with Crippen molar-refractivity contribution in [1.29, 1.82) is 0 Å². The van der Waals surface area contributed by atoms with Crippen molar-refractivity contribution < 1.29 is 18.8 Å². The second-order valence-corrected chi connectivity index (χ2v) is 6.74. The number of hydrogen-bond acceptors (Lipinski definition) is 6. The number of aromatic nitrogens is 1. The summed E-state index contributed by atoms with van der Waals surface area (Å²) in [7, 11) is 7.11. The molecular formula is C22H25N3O4. The first-order valence-corrected chi connectivity index (χ1v) is 9.22. The summed E-state index contributed by atoms with van der Waals surface area (Å²) in [5.41, 5.74) is 1.99. The molecule has 3 rings (SSSR count). The van der Waals surface area contributed by atoms with Crippen molar-refractivity contribution >= 4 is 5.91 Å². The normalized spacial score (nSPS) is 11.9. The van der Waals surface area contributed by atoms with E-state index in [0.717, 1.165) is 5.56 Å². The molecule has 0 bridgehead atoms. The SMILES string of the molecule is COc1ccc(OC)c(-c2cc(C(=O)NCC(c3ccccc3)N(C)C)no2)c1. The van der Waals surface area contributed by atoms with Crippen LogP contribution in [0.15, 0.2) is 59.1 Å². The number of ether oxygens (including phenoxy) is 2. The van der Waals surface area contributed by atoms with Crippen LogP contribution in [0.5, 0.6) is 11.5 Å². The molecule has 0 aliphatic carbocycles. The zero-order valence-corrected chi connectivity index (χ0v) is 17.0. The van der Waals surface area contributed by atoms with E-state index in [1.807, 2.05) is 44.4 Å². The van der Waals surface area contributed by atoms with E-state index in [4.69, 9.17) is 14.0 Å². The van der Waals surface area contributed by atoms with E-state index in [-0.39, 0.29) is 17.6 Å². The van der Waals surface area contributed by atoms with Crippen LogP contribution in [0, 0.1) is 0 Å². The van der Waals surface area contributed by atoms with Gasteiger partial charge in [0.05, 0.1) is 25.8 Å². The summed E-state index contributed by atoms with van der Waals surface area (Å²) in [6.07, 6.45) is 0. The van der Waals surface area contributed by atoms with Gasteiger partial charge in [0.2, 0.25) is 0 Å². The molecule has 3 aromatic rings. The zero-order valence-electron chi connectivity index (χ0n) is 17.0. The molecule has 7 heteroatoms. The van der Waals surface area contributed by atoms with Gasteiger partial charge in [-0.15, -0.1) is 0 Å². The fourth-order valence-corrected chi connectivity index (χ4v) is 3.07. The maximum Gasteiger partial charge on any atom is 0.273 e. The Hall–Kier alpha value is -3.32. The van der Waals surface area contributed by atoms with Gasteiger partial charge in [0.1, 0.15) is 11.5 Å². The van der Waals surface area contributed by atoms with Gasteiger partial charge in [-0.2, -0.15) is 0 Å². The fraction of sp³-hybridized carbons (Fsp3) is 0.273. The van der Waals surface area contributed by atoms with Crippen molar-refractivity contribution in [3.63, 3.8) is 0 Å². The van der Waals surface area contributed by atoms with Gasteiger partial charge in [0.25, 0.3) is 5.91 Å². The fourth-order valence-electron chi connectivity index (χ4n) is 3.07. The summed E-state index contributed by atoms with van der Waals surface area (Å²) >= 11 is 0. The molecule has 0 fully saturated rings. The Morgan fingerprint density at radius 3 is 2.52 bits per heavy atom. The summed E-state index contributed by atoms with van der Waals surface area (Å²) in [5.74, 6) is 1.38. The van der Waals surface area contributed by atoms with E-state index < -0.39 is 0 Å². The van der Waals surface area contributed by atoms with Crippen LogP contribution in [-0.2, 0) is 0 Å². The van der Waals surface area contributed by atoms with Crippen LogP contribution in [0.25, 0.3) is 11.3 Å². The molecule has 1 heterocycles. The maximum absolute atomic E-state index is 12.6. The summed E-state index contributed by atoms with van der Waals surface area (Å²) in [4.78, 5) is 14.7. The van der Waals surface area contributed by atoms with Crippen LogP contribution in [0.3, 0.4) is 0 Å². The van der Waals surface area contributed by atoms with E-state index in [9.17, 15) is 4.79 Å². The lowest BCUT2D eigenvalue weighted by molar-refractivity contribution is 0.0933. The Labute approximate surface area is 170 Å². The van der Waals surface area contributed by atoms with Gasteiger partial charge in [0, 0.05) is 12.6 Å². The number of amides is 1. The molecule has 7 nitrogen and oxygen atoms in total. The highest BCUT2D eigenvalue weighted by Crippen LogP contribution is 2.33. The third-order valence-electron chi connectivity index (χ3n) is 4.68. The summed E-state index contributed by atoms with van der Waals surface area (Å²) in [6.45, 7) is 0.445. The van der Waals surface area contributed by atoms with Gasteiger partial charge in [-0.25, -0.2) is 0 Å². The Kier molecular flexibility index (Phi) is 6.51. The minimum atomic E-state index is -0.301. The van der Waals surface area contributed by atoms with Crippen LogP contribution in [0.2, 0.25) is 0 Å². The topological polar surface area (TPSA) is 76.8 Å². The van der Waals surface area contributed by atoms with Crippen molar-refractivity contribution in [1.82, 2.24) is 15.4 Å². The number of nitrogens with one attached hydrogen (secondary N) is 1. The lowest BCUT2D eigenvalue weighted by Crippen LogP contribution is -2.34. The molecule has 152 valence electrons. The molecule has 1 amide bonds. The highest BCUT2D eigenvalue weighted by molar-refractivity contribution is 5.93. The van der Waals surface area contributed by atoms with Crippen molar-refractivity contribution in [2.45, 2.75) is 6.04 Å². The molecule has 1 N–H and O–H groups in total. The molecule has 0 radical (unpaired) electrons. The van der Waals surface area contributed by atoms with E-state index in [0.29, 0.717) is 29.4 Å². The lowest BCUT2D eigenvalue weighted by Gasteiger charge is -2.24. The Morgan fingerprint density at radius 2 is 1.86 bits per heavy atom. The number of likely N-dealkylation sites (N-methyl/N-ethyl adjacent to an activating group) is 1. The standard InChI is InChI=1S/C22H25N3O4/c1-25(2)19(15-8-6-5-7-9-15)14-23-22(26)18-13-21(29-24-18)17-12-16(27-3)10-11-20(17)28-4/h5-13,19H,14H2,1-4H3,(H,23,26). The predicted octanol–water partition coefficient (Wildman–Crippen LogP) is 3.39. The Balaban J connectivity index is 1.74. The van der Waals surface area contributed by atoms with Crippen LogP contribution in [0.1, 0.15) is 22.1 Å². The van der Waals surface area contributed by atoms with Crippen LogP contribution in [0.4, 0.5) is 0 Å². The molecular weight excluding hydrogens is 370 g/mol. The van der Waals surface area contributed by atoms with Gasteiger partial charge < -0.3 is 24.2 Å². The summed E-state index contributed by atoms with van der Waals surface area (Å²) in [5, 5.41) is 6.86. The van der Waals surface area contributed by atoms with Gasteiger partial charge in [0.15, 0.2) is 11.5 Å². The zero-order chi connectivity index (χ0) is 20.8. The molecule has 0 spiro atoms. The molecule has 2 aromatic carbocycles. The van der Waals surface area contributed by atoms with Crippen LogP contribution < -0.4 is 14.8 Å². The van der Waals surface area contributed by atoms with E-state index in [2.05, 4.69) is 15.4 Å². The number of benzene rings is 2. The van der Waals surface area contributed by atoms with Gasteiger partial charge >= 0.3 is 0 Å². The Bertz CT molecular complexity index is 954. The second-order valence-electron chi connectivity index (χ2n) is 6.74. The molecule has 0 aliphatic heterocycles. The van der Waals surface area contributed by atoms with Crippen molar-refractivity contribution in [3.8, 4) is 22.8 Å². The average Bonchev–Trinajstić information content (AvgIpc) is 3.24. The monoisotopic (exact) mass is 395 g/mol. The smallest absolute Gasteiger partial charge is 0.273 e. The molecule has 0 saturated carbocycles. The van der Waals surface area contributed by atoms with Gasteiger partial charge in [-0.1, -0.05) is 35.5 Å². The number of nitrogens with zero attached hydrogens (tertiary/aromatic N) is 2. The molecule has 1 unspecified atom stereocenters. The van der Waals surface area contributed by atoms with E-state index in [1.165, 1.54) is 0 Å². The van der Waals surface area contributed by atoms with E-state index in [1.54, 1.807) is 38.5 Å². The van der Waals surface area contributed by atoms with Crippen molar-refractivity contribution in [3.05, 3.63) is 65.9 Å². The van der Waals surface area contributed by atoms with Gasteiger partial charge in [-0.05, 0) is 37.9 Å². The maximum atomic E-state index is 12.6. The third kappa shape index (κ3) is 4.75. The quantitative estimate of drug-likeness (QED) is 0.630. The summed E-state index contributed by atoms with van der Waals surface area (Å²) in [6, 6.07) is 17.0. The van der Waals surface area contributed by atoms with Crippen molar-refractivity contribution in [2.24, 2.45) is 0 Å².